The molecule has 18 heavy (non-hydrogen) atoms. The van der Waals surface area contributed by atoms with Crippen molar-refractivity contribution in [1.82, 2.24) is 0 Å². The van der Waals surface area contributed by atoms with Gasteiger partial charge in [-0.15, -0.1) is 0 Å². The van der Waals surface area contributed by atoms with Gasteiger partial charge in [0.2, 0.25) is 0 Å². The zero-order valence-corrected chi connectivity index (χ0v) is 10.8. The van der Waals surface area contributed by atoms with Crippen molar-refractivity contribution in [3.05, 3.63) is 71.8 Å². The Morgan fingerprint density at radius 1 is 0.778 bits per heavy atom. The van der Waals surface area contributed by atoms with Crippen molar-refractivity contribution in [1.29, 1.82) is 0 Å². The Bertz CT molecular complexity index is 436. The Kier molecular flexibility index (Phi) is 4.98. The van der Waals surface area contributed by atoms with Gasteiger partial charge in [-0.25, -0.2) is 0 Å². The van der Waals surface area contributed by atoms with Crippen molar-refractivity contribution in [2.24, 2.45) is 5.73 Å². The van der Waals surface area contributed by atoms with Crippen molar-refractivity contribution in [2.75, 3.05) is 6.54 Å². The summed E-state index contributed by atoms with van der Waals surface area (Å²) in [7, 11) is 0. The first kappa shape index (κ1) is 12.8. The Balaban J connectivity index is 1.99. The number of nitrogens with two attached hydrogens (primary N) is 1. The van der Waals surface area contributed by atoms with Crippen LogP contribution in [0.1, 0.15) is 29.9 Å². The largest absolute Gasteiger partial charge is 0.330 e. The van der Waals surface area contributed by atoms with Gasteiger partial charge in [-0.1, -0.05) is 60.7 Å². The van der Waals surface area contributed by atoms with Crippen molar-refractivity contribution in [3.63, 3.8) is 0 Å². The summed E-state index contributed by atoms with van der Waals surface area (Å²) in [5.74, 6) is 0.580. The summed E-state index contributed by atoms with van der Waals surface area (Å²) in [4.78, 5) is 0. The average Bonchev–Trinajstić information content (AvgIpc) is 2.45. The van der Waals surface area contributed by atoms with E-state index in [0.717, 1.165) is 19.4 Å². The second kappa shape index (κ2) is 6.97. The predicted octanol–water partition coefficient (Wildman–Crippen LogP) is 3.75. The molecule has 0 bridgehead atoms. The van der Waals surface area contributed by atoms with Crippen LogP contribution in [0, 0.1) is 0 Å². The number of rotatable bonds is 6. The summed E-state index contributed by atoms with van der Waals surface area (Å²) in [5, 5.41) is 0. The van der Waals surface area contributed by atoms with Crippen molar-refractivity contribution in [3.8, 4) is 0 Å². The van der Waals surface area contributed by atoms with Gasteiger partial charge in [0.05, 0.1) is 0 Å². The van der Waals surface area contributed by atoms with Crippen LogP contribution in [0.3, 0.4) is 0 Å². The molecule has 0 fully saturated rings. The Morgan fingerprint density at radius 3 is 2.00 bits per heavy atom. The van der Waals surface area contributed by atoms with E-state index in [2.05, 4.69) is 60.7 Å². The van der Waals surface area contributed by atoms with Gasteiger partial charge >= 0.3 is 0 Å². The monoisotopic (exact) mass is 239 g/mol. The van der Waals surface area contributed by atoms with Crippen LogP contribution in [0.4, 0.5) is 0 Å². The molecule has 0 aliphatic carbocycles. The van der Waals surface area contributed by atoms with Gasteiger partial charge in [-0.2, -0.15) is 0 Å². The normalized spacial score (nSPS) is 12.3. The van der Waals surface area contributed by atoms with E-state index >= 15 is 0 Å². The van der Waals surface area contributed by atoms with E-state index in [-0.39, 0.29) is 0 Å². The minimum Gasteiger partial charge on any atom is -0.330 e. The fraction of sp³-hybridized carbons (Fsp3) is 0.294. The van der Waals surface area contributed by atoms with E-state index in [1.807, 2.05) is 0 Å². The fourth-order valence-electron chi connectivity index (χ4n) is 2.39. The maximum atomic E-state index is 5.74. The molecule has 94 valence electrons. The molecule has 0 saturated carbocycles. The maximum absolute atomic E-state index is 5.74. The van der Waals surface area contributed by atoms with E-state index in [4.69, 9.17) is 5.73 Å². The number of hydrogen-bond acceptors (Lipinski definition) is 1. The zero-order valence-electron chi connectivity index (χ0n) is 10.8. The first-order valence-corrected chi connectivity index (χ1v) is 6.69. The standard InChI is InChI=1S/C17H21N/c18-14-13-17(16-9-5-2-6-10-16)12-11-15-7-3-1-4-8-15/h1-10,17H,11-14,18H2/t17-/m0/s1. The van der Waals surface area contributed by atoms with Crippen molar-refractivity contribution < 1.29 is 0 Å². The lowest BCUT2D eigenvalue weighted by atomic mass is 9.90. The fourth-order valence-corrected chi connectivity index (χ4v) is 2.39. The Labute approximate surface area is 110 Å². The van der Waals surface area contributed by atoms with Gasteiger partial charge in [0.15, 0.2) is 0 Å². The lowest BCUT2D eigenvalue weighted by Gasteiger charge is -2.16. The molecular weight excluding hydrogens is 218 g/mol. The molecule has 0 spiro atoms. The molecule has 2 rings (SSSR count). The first-order valence-electron chi connectivity index (χ1n) is 6.69. The molecule has 1 atom stereocenters. The van der Waals surface area contributed by atoms with Gasteiger partial charge in [-0.05, 0) is 42.9 Å². The van der Waals surface area contributed by atoms with Crippen LogP contribution in [0.25, 0.3) is 0 Å². The molecule has 0 saturated heterocycles. The quantitative estimate of drug-likeness (QED) is 0.816. The third-order valence-electron chi connectivity index (χ3n) is 3.41. The highest BCUT2D eigenvalue weighted by Gasteiger charge is 2.10. The van der Waals surface area contributed by atoms with Gasteiger partial charge in [0.1, 0.15) is 0 Å². The van der Waals surface area contributed by atoms with Crippen LogP contribution in [0.5, 0.6) is 0 Å². The number of hydrogen-bond donors (Lipinski definition) is 1. The molecule has 0 unspecified atom stereocenters. The van der Waals surface area contributed by atoms with E-state index in [1.54, 1.807) is 0 Å². The Morgan fingerprint density at radius 2 is 1.39 bits per heavy atom. The van der Waals surface area contributed by atoms with Crippen molar-refractivity contribution >= 4 is 0 Å². The minimum atomic E-state index is 0.580. The topological polar surface area (TPSA) is 26.0 Å². The van der Waals surface area contributed by atoms with E-state index in [1.165, 1.54) is 17.5 Å². The zero-order chi connectivity index (χ0) is 12.6. The molecular formula is C17H21N. The Hall–Kier alpha value is -1.60. The van der Waals surface area contributed by atoms with Crippen LogP contribution in [0.15, 0.2) is 60.7 Å². The predicted molar refractivity (Wildman–Crippen MR) is 77.6 cm³/mol. The van der Waals surface area contributed by atoms with Crippen LogP contribution in [-0.2, 0) is 6.42 Å². The second-order valence-corrected chi connectivity index (χ2v) is 4.71. The number of aryl methyl sites for hydroxylation is 1. The average molecular weight is 239 g/mol. The van der Waals surface area contributed by atoms with Crippen LogP contribution in [-0.4, -0.2) is 6.54 Å². The minimum absolute atomic E-state index is 0.580. The van der Waals surface area contributed by atoms with Gasteiger partial charge in [0.25, 0.3) is 0 Å². The summed E-state index contributed by atoms with van der Waals surface area (Å²) >= 11 is 0. The third kappa shape index (κ3) is 3.71. The smallest absolute Gasteiger partial charge is 0.00714 e. The summed E-state index contributed by atoms with van der Waals surface area (Å²) < 4.78 is 0. The molecule has 0 aliphatic heterocycles. The lowest BCUT2D eigenvalue weighted by Crippen LogP contribution is -2.08. The highest BCUT2D eigenvalue weighted by molar-refractivity contribution is 5.21. The molecule has 0 aliphatic rings. The maximum Gasteiger partial charge on any atom is -0.00714 e. The van der Waals surface area contributed by atoms with Crippen molar-refractivity contribution in [2.45, 2.75) is 25.2 Å². The molecule has 0 heterocycles. The second-order valence-electron chi connectivity index (χ2n) is 4.71. The molecule has 2 aromatic rings. The molecule has 0 radical (unpaired) electrons. The van der Waals surface area contributed by atoms with Crippen LogP contribution < -0.4 is 5.73 Å². The van der Waals surface area contributed by atoms with Gasteiger partial charge in [0, 0.05) is 0 Å². The first-order chi connectivity index (χ1) is 8.90. The molecule has 1 heteroatoms. The summed E-state index contributed by atoms with van der Waals surface area (Å²) in [6, 6.07) is 21.4. The van der Waals surface area contributed by atoms with Gasteiger partial charge < -0.3 is 5.73 Å². The molecule has 2 N–H and O–H groups in total. The summed E-state index contributed by atoms with van der Waals surface area (Å²) in [6.07, 6.45) is 3.36. The molecule has 0 amide bonds. The highest BCUT2D eigenvalue weighted by Crippen LogP contribution is 2.24. The molecule has 0 aromatic heterocycles. The van der Waals surface area contributed by atoms with E-state index in [9.17, 15) is 0 Å². The van der Waals surface area contributed by atoms with Gasteiger partial charge in [-0.3, -0.25) is 0 Å². The van der Waals surface area contributed by atoms with Crippen LogP contribution >= 0.6 is 0 Å². The summed E-state index contributed by atoms with van der Waals surface area (Å²) in [6.45, 7) is 0.758. The molecule has 1 nitrogen and oxygen atoms in total. The number of benzene rings is 2. The van der Waals surface area contributed by atoms with E-state index in [0.29, 0.717) is 5.92 Å². The highest BCUT2D eigenvalue weighted by atomic mass is 14.5. The lowest BCUT2D eigenvalue weighted by molar-refractivity contribution is 0.584. The molecule has 2 aromatic carbocycles. The van der Waals surface area contributed by atoms with E-state index < -0.39 is 0 Å². The third-order valence-corrected chi connectivity index (χ3v) is 3.41. The summed E-state index contributed by atoms with van der Waals surface area (Å²) in [5.41, 5.74) is 8.56. The van der Waals surface area contributed by atoms with Crippen LogP contribution in [0.2, 0.25) is 0 Å². The SMILES string of the molecule is NCC[C@H](CCc1ccccc1)c1ccccc1.